The van der Waals surface area contributed by atoms with Crippen molar-refractivity contribution in [2.24, 2.45) is 5.92 Å². The van der Waals surface area contributed by atoms with Crippen molar-refractivity contribution in [2.45, 2.75) is 25.8 Å². The topological polar surface area (TPSA) is 62.1 Å². The first-order valence-electron chi connectivity index (χ1n) is 10.0. The molecule has 5 rings (SSSR count). The van der Waals surface area contributed by atoms with E-state index in [9.17, 15) is 4.79 Å². The zero-order valence-electron chi connectivity index (χ0n) is 16.0. The average Bonchev–Trinajstić information content (AvgIpc) is 3.09. The molecular formula is C23H22BrN3O2. The number of halogens is 1. The molecule has 1 saturated heterocycles. The molecular weight excluding hydrogens is 430 g/mol. The number of fused-ring (bicyclic) bond motifs is 3. The minimum Gasteiger partial charge on any atom is -0.449 e. The molecule has 1 aliphatic rings. The first-order valence-corrected chi connectivity index (χ1v) is 10.8. The molecule has 5 nitrogen and oxygen atoms in total. The van der Waals surface area contributed by atoms with Crippen LogP contribution < -0.4 is 5.56 Å². The number of aromatic amines is 1. The number of hydrogen-bond acceptors (Lipinski definition) is 4. The molecule has 3 heterocycles. The maximum atomic E-state index is 12.5. The highest BCUT2D eigenvalue weighted by molar-refractivity contribution is 9.10. The Morgan fingerprint density at radius 3 is 2.72 bits per heavy atom. The Kier molecular flexibility index (Phi) is 4.97. The van der Waals surface area contributed by atoms with Gasteiger partial charge in [-0.1, -0.05) is 46.3 Å². The molecule has 1 fully saturated rings. The average molecular weight is 452 g/mol. The lowest BCUT2D eigenvalue weighted by Gasteiger charge is -2.31. The second-order valence-electron chi connectivity index (χ2n) is 7.84. The summed E-state index contributed by atoms with van der Waals surface area (Å²) >= 11 is 3.49. The number of benzene rings is 2. The largest absolute Gasteiger partial charge is 0.449 e. The summed E-state index contributed by atoms with van der Waals surface area (Å²) in [7, 11) is 0. The zero-order valence-corrected chi connectivity index (χ0v) is 17.6. The molecule has 0 saturated carbocycles. The molecule has 2 aromatic carbocycles. The van der Waals surface area contributed by atoms with Gasteiger partial charge in [0.05, 0.1) is 6.54 Å². The van der Waals surface area contributed by atoms with Gasteiger partial charge in [-0.15, -0.1) is 0 Å². The van der Waals surface area contributed by atoms with Crippen molar-refractivity contribution < 1.29 is 4.42 Å². The van der Waals surface area contributed by atoms with E-state index >= 15 is 0 Å². The lowest BCUT2D eigenvalue weighted by atomic mass is 9.90. The van der Waals surface area contributed by atoms with Gasteiger partial charge in [-0.2, -0.15) is 0 Å². The van der Waals surface area contributed by atoms with Gasteiger partial charge in [0.2, 0.25) is 5.58 Å². The Balaban J connectivity index is 1.31. The SMILES string of the molecule is O=c1[nH]c(CN2CCC(Cc3ccccc3)CC2)nc2c1oc1ccc(Br)cc12. The molecule has 29 heavy (non-hydrogen) atoms. The van der Waals surface area contributed by atoms with Crippen molar-refractivity contribution in [3.05, 3.63) is 74.7 Å². The smallest absolute Gasteiger partial charge is 0.294 e. The lowest BCUT2D eigenvalue weighted by molar-refractivity contribution is 0.173. The van der Waals surface area contributed by atoms with E-state index in [-0.39, 0.29) is 5.56 Å². The van der Waals surface area contributed by atoms with Crippen LogP contribution in [0.2, 0.25) is 0 Å². The fourth-order valence-electron chi connectivity index (χ4n) is 4.26. The number of rotatable bonds is 4. The van der Waals surface area contributed by atoms with Crippen molar-refractivity contribution in [3.63, 3.8) is 0 Å². The van der Waals surface area contributed by atoms with Crippen LogP contribution in [0.25, 0.3) is 22.1 Å². The van der Waals surface area contributed by atoms with Crippen LogP contribution in [0.4, 0.5) is 0 Å². The Hall–Kier alpha value is -2.44. The zero-order chi connectivity index (χ0) is 19.8. The van der Waals surface area contributed by atoms with Gasteiger partial charge >= 0.3 is 0 Å². The quantitative estimate of drug-likeness (QED) is 0.479. The van der Waals surface area contributed by atoms with Crippen molar-refractivity contribution in [3.8, 4) is 0 Å². The van der Waals surface area contributed by atoms with Gasteiger partial charge < -0.3 is 9.40 Å². The number of piperidine rings is 1. The number of H-pyrrole nitrogens is 1. The van der Waals surface area contributed by atoms with Gasteiger partial charge in [0, 0.05) is 9.86 Å². The van der Waals surface area contributed by atoms with Gasteiger partial charge in [-0.25, -0.2) is 4.98 Å². The summed E-state index contributed by atoms with van der Waals surface area (Å²) in [5.41, 5.74) is 2.82. The minimum atomic E-state index is -0.212. The van der Waals surface area contributed by atoms with E-state index in [0.29, 0.717) is 29.1 Å². The molecule has 0 unspecified atom stereocenters. The number of aromatic nitrogens is 2. The third-order valence-electron chi connectivity index (χ3n) is 5.78. The van der Waals surface area contributed by atoms with Crippen molar-refractivity contribution in [1.82, 2.24) is 14.9 Å². The summed E-state index contributed by atoms with van der Waals surface area (Å²) in [6.45, 7) is 2.71. The number of furan rings is 1. The van der Waals surface area contributed by atoms with E-state index in [2.05, 4.69) is 56.1 Å². The first kappa shape index (κ1) is 18.6. The normalized spacial score (nSPS) is 16.0. The summed E-state index contributed by atoms with van der Waals surface area (Å²) in [5, 5.41) is 0.864. The molecule has 0 spiro atoms. The third kappa shape index (κ3) is 3.87. The molecule has 0 radical (unpaired) electrons. The van der Waals surface area contributed by atoms with Crippen LogP contribution >= 0.6 is 15.9 Å². The number of nitrogens with zero attached hydrogens (tertiary/aromatic N) is 2. The second kappa shape index (κ2) is 7.76. The van der Waals surface area contributed by atoms with E-state index in [1.807, 2.05) is 18.2 Å². The summed E-state index contributed by atoms with van der Waals surface area (Å²) in [6, 6.07) is 16.4. The molecule has 4 aromatic rings. The number of likely N-dealkylation sites (tertiary alicyclic amines) is 1. The van der Waals surface area contributed by atoms with E-state index in [0.717, 1.165) is 35.3 Å². The van der Waals surface area contributed by atoms with Crippen LogP contribution in [-0.2, 0) is 13.0 Å². The second-order valence-corrected chi connectivity index (χ2v) is 8.76. The number of hydrogen-bond donors (Lipinski definition) is 1. The van der Waals surface area contributed by atoms with E-state index < -0.39 is 0 Å². The summed E-state index contributed by atoms with van der Waals surface area (Å²) in [5.74, 6) is 1.42. The van der Waals surface area contributed by atoms with Crippen LogP contribution in [0.5, 0.6) is 0 Å². The van der Waals surface area contributed by atoms with Gasteiger partial charge in [-0.05, 0) is 62.0 Å². The predicted octanol–water partition coefficient (Wildman–Crippen LogP) is 4.89. The Morgan fingerprint density at radius 2 is 1.93 bits per heavy atom. The standard InChI is InChI=1S/C23H22BrN3O2/c24-17-6-7-19-18(13-17)21-22(29-19)23(28)26-20(25-21)14-27-10-8-16(9-11-27)12-15-4-2-1-3-5-15/h1-7,13,16H,8-12,14H2,(H,25,26,28). The van der Waals surface area contributed by atoms with E-state index in [1.165, 1.54) is 18.4 Å². The monoisotopic (exact) mass is 451 g/mol. The third-order valence-corrected chi connectivity index (χ3v) is 6.28. The molecule has 148 valence electrons. The Morgan fingerprint density at radius 1 is 1.14 bits per heavy atom. The highest BCUT2D eigenvalue weighted by atomic mass is 79.9. The van der Waals surface area contributed by atoms with Crippen LogP contribution in [-0.4, -0.2) is 28.0 Å². The van der Waals surface area contributed by atoms with E-state index in [4.69, 9.17) is 9.40 Å². The van der Waals surface area contributed by atoms with Crippen LogP contribution in [0.15, 0.2) is 62.2 Å². The van der Waals surface area contributed by atoms with Crippen molar-refractivity contribution >= 4 is 38.0 Å². The van der Waals surface area contributed by atoms with E-state index in [1.54, 1.807) is 0 Å². The Labute approximate surface area is 176 Å². The predicted molar refractivity (Wildman–Crippen MR) is 118 cm³/mol. The van der Waals surface area contributed by atoms with Crippen LogP contribution in [0.1, 0.15) is 24.2 Å². The lowest BCUT2D eigenvalue weighted by Crippen LogP contribution is -2.34. The summed E-state index contributed by atoms with van der Waals surface area (Å²) < 4.78 is 6.65. The maximum Gasteiger partial charge on any atom is 0.294 e. The minimum absolute atomic E-state index is 0.212. The fourth-order valence-corrected chi connectivity index (χ4v) is 4.62. The molecule has 6 heteroatoms. The van der Waals surface area contributed by atoms with Crippen LogP contribution in [0, 0.1) is 5.92 Å². The van der Waals surface area contributed by atoms with Gasteiger partial charge in [0.15, 0.2) is 0 Å². The van der Waals surface area contributed by atoms with Crippen molar-refractivity contribution in [1.29, 1.82) is 0 Å². The highest BCUT2D eigenvalue weighted by Gasteiger charge is 2.21. The number of nitrogens with one attached hydrogen (secondary N) is 1. The molecule has 0 atom stereocenters. The van der Waals surface area contributed by atoms with Gasteiger partial charge in [-0.3, -0.25) is 9.69 Å². The summed E-state index contributed by atoms with van der Waals surface area (Å²) in [6.07, 6.45) is 3.48. The highest BCUT2D eigenvalue weighted by Crippen LogP contribution is 2.28. The van der Waals surface area contributed by atoms with Gasteiger partial charge in [0.1, 0.15) is 16.9 Å². The molecule has 0 amide bonds. The summed E-state index contributed by atoms with van der Waals surface area (Å²) in [4.78, 5) is 22.6. The Bertz CT molecular complexity index is 1210. The first-order chi connectivity index (χ1) is 14.2. The molecule has 1 aliphatic heterocycles. The fraction of sp³-hybridized carbons (Fsp3) is 0.304. The molecule has 1 N–H and O–H groups in total. The van der Waals surface area contributed by atoms with Crippen molar-refractivity contribution in [2.75, 3.05) is 13.1 Å². The molecule has 0 aliphatic carbocycles. The van der Waals surface area contributed by atoms with Crippen LogP contribution in [0.3, 0.4) is 0 Å². The molecule has 2 aromatic heterocycles. The maximum absolute atomic E-state index is 12.5. The molecule has 0 bridgehead atoms. The van der Waals surface area contributed by atoms with Gasteiger partial charge in [0.25, 0.3) is 5.56 Å².